The first-order chi connectivity index (χ1) is 10.7. The second kappa shape index (κ2) is 4.54. The van der Waals surface area contributed by atoms with Crippen LogP contribution in [0.15, 0.2) is 63.3 Å². The van der Waals surface area contributed by atoms with Crippen molar-refractivity contribution >= 4 is 15.7 Å². The maximum Gasteiger partial charge on any atom is 0.291 e. The normalized spacial score (nSPS) is 26.1. The molecule has 0 saturated heterocycles. The highest BCUT2D eigenvalue weighted by atomic mass is 32.2. The van der Waals surface area contributed by atoms with Gasteiger partial charge in [-0.25, -0.2) is 18.5 Å². The fraction of sp³-hybridized carbons (Fsp3) is 0.0833. The number of nitrogens with two attached hydrogens (primary N) is 1. The van der Waals surface area contributed by atoms with E-state index < -0.39 is 42.9 Å². The van der Waals surface area contributed by atoms with Gasteiger partial charge in [0.05, 0.1) is 10.6 Å². The van der Waals surface area contributed by atoms with Gasteiger partial charge in [-0.15, -0.1) is 0 Å². The average Bonchev–Trinajstić information content (AvgIpc) is 2.44. The Bertz CT molecular complexity index is 921. The zero-order valence-electron chi connectivity index (χ0n) is 11.3. The number of hydrogen-bond donors (Lipinski definition) is 4. The lowest BCUT2D eigenvalue weighted by molar-refractivity contribution is -0.419. The van der Waals surface area contributed by atoms with Gasteiger partial charge in [-0.1, -0.05) is 18.2 Å². The van der Waals surface area contributed by atoms with Crippen LogP contribution in [-0.4, -0.2) is 34.8 Å². The SMILES string of the molecule is NS(=O)(=O)C1=C2C=CC=CC23NC(O)=C(O)N=C3C=C1[N+](=O)[O-]. The summed E-state index contributed by atoms with van der Waals surface area (Å²) in [5.74, 6) is -1.47. The van der Waals surface area contributed by atoms with Crippen LogP contribution in [0.1, 0.15) is 0 Å². The summed E-state index contributed by atoms with van der Waals surface area (Å²) >= 11 is 0. The summed E-state index contributed by atoms with van der Waals surface area (Å²) < 4.78 is 23.8. The van der Waals surface area contributed by atoms with E-state index >= 15 is 0 Å². The predicted molar refractivity (Wildman–Crippen MR) is 79.1 cm³/mol. The lowest BCUT2D eigenvalue weighted by Gasteiger charge is -2.39. The van der Waals surface area contributed by atoms with Crippen molar-refractivity contribution in [3.05, 3.63) is 68.4 Å². The highest BCUT2D eigenvalue weighted by Gasteiger charge is 2.50. The number of hydrogen-bond acceptors (Lipinski definition) is 8. The molecule has 0 aromatic heterocycles. The van der Waals surface area contributed by atoms with Gasteiger partial charge >= 0.3 is 0 Å². The van der Waals surface area contributed by atoms with Gasteiger partial charge in [-0.05, 0) is 6.08 Å². The number of nitrogens with one attached hydrogen (secondary N) is 1. The van der Waals surface area contributed by atoms with Crippen LogP contribution < -0.4 is 10.5 Å². The maximum absolute atomic E-state index is 11.9. The number of nitro groups is 1. The standard InChI is InChI=1S/C12H10N4O6S/c13-23(21,22)9-6-3-1-2-4-12(6)8(5-7(9)16(19)20)14-10(17)11(18)15-12/h1-5,15,17-18H,(H2,13,21,22). The van der Waals surface area contributed by atoms with Crippen LogP contribution in [0, 0.1) is 10.1 Å². The van der Waals surface area contributed by atoms with E-state index in [1.54, 1.807) is 0 Å². The van der Waals surface area contributed by atoms with E-state index in [-0.39, 0.29) is 11.3 Å². The molecule has 2 aliphatic carbocycles. The Morgan fingerprint density at radius 3 is 2.65 bits per heavy atom. The molecule has 0 aromatic rings. The van der Waals surface area contributed by atoms with E-state index in [0.717, 1.165) is 6.08 Å². The number of primary sulfonamides is 1. The lowest BCUT2D eigenvalue weighted by atomic mass is 9.77. The quantitative estimate of drug-likeness (QED) is 0.401. The first kappa shape index (κ1) is 15.0. The van der Waals surface area contributed by atoms with E-state index in [4.69, 9.17) is 5.14 Å². The van der Waals surface area contributed by atoms with Crippen molar-refractivity contribution < 1.29 is 23.6 Å². The molecule has 0 amide bonds. The Balaban J connectivity index is 2.42. The molecule has 0 bridgehead atoms. The number of rotatable bonds is 2. The second-order valence-corrected chi connectivity index (χ2v) is 6.39. The summed E-state index contributed by atoms with van der Waals surface area (Å²) in [7, 11) is -4.45. The molecule has 23 heavy (non-hydrogen) atoms. The molecule has 3 rings (SSSR count). The van der Waals surface area contributed by atoms with Gasteiger partial charge < -0.3 is 15.5 Å². The minimum Gasteiger partial charge on any atom is -0.491 e. The fourth-order valence-electron chi connectivity index (χ4n) is 2.64. The first-order valence-corrected chi connectivity index (χ1v) is 7.71. The van der Waals surface area contributed by atoms with Crippen LogP contribution in [0.4, 0.5) is 0 Å². The number of sulfonamides is 1. The smallest absolute Gasteiger partial charge is 0.291 e. The second-order valence-electron chi connectivity index (χ2n) is 4.89. The van der Waals surface area contributed by atoms with Crippen LogP contribution in [0.25, 0.3) is 0 Å². The van der Waals surface area contributed by atoms with Crippen molar-refractivity contribution in [1.82, 2.24) is 5.32 Å². The molecular weight excluding hydrogens is 328 g/mol. The lowest BCUT2D eigenvalue weighted by Crippen LogP contribution is -2.56. The van der Waals surface area contributed by atoms with Gasteiger partial charge in [0.1, 0.15) is 5.54 Å². The minimum absolute atomic E-state index is 0.0532. The highest BCUT2D eigenvalue weighted by molar-refractivity contribution is 7.93. The van der Waals surface area contributed by atoms with Gasteiger partial charge in [-0.3, -0.25) is 10.1 Å². The predicted octanol–water partition coefficient (Wildman–Crippen LogP) is -0.145. The first-order valence-electron chi connectivity index (χ1n) is 6.16. The maximum atomic E-state index is 11.9. The Kier molecular flexibility index (Phi) is 2.96. The number of allylic oxidation sites excluding steroid dienone is 2. The highest BCUT2D eigenvalue weighted by Crippen LogP contribution is 2.40. The molecule has 120 valence electrons. The third-order valence-electron chi connectivity index (χ3n) is 3.53. The summed E-state index contributed by atoms with van der Waals surface area (Å²) in [5, 5.41) is 38.2. The summed E-state index contributed by atoms with van der Waals surface area (Å²) in [6.45, 7) is 0. The third-order valence-corrected chi connectivity index (χ3v) is 4.53. The molecule has 5 N–H and O–H groups in total. The molecule has 1 spiro atoms. The molecule has 11 heteroatoms. The van der Waals surface area contributed by atoms with E-state index in [1.807, 2.05) is 0 Å². The Morgan fingerprint density at radius 1 is 1.35 bits per heavy atom. The molecule has 0 radical (unpaired) electrons. The molecular formula is C12H10N4O6S. The number of aliphatic hydroxyl groups is 2. The van der Waals surface area contributed by atoms with E-state index in [1.165, 1.54) is 24.3 Å². The molecule has 1 aliphatic heterocycles. The van der Waals surface area contributed by atoms with Crippen molar-refractivity contribution in [2.24, 2.45) is 10.1 Å². The third kappa shape index (κ3) is 2.05. The van der Waals surface area contributed by atoms with Gasteiger partial charge in [-0.2, -0.15) is 0 Å². The van der Waals surface area contributed by atoms with Crippen molar-refractivity contribution in [2.45, 2.75) is 5.54 Å². The van der Waals surface area contributed by atoms with Crippen LogP contribution >= 0.6 is 0 Å². The largest absolute Gasteiger partial charge is 0.491 e. The zero-order chi connectivity index (χ0) is 17.0. The fourth-order valence-corrected chi connectivity index (χ4v) is 3.60. The Morgan fingerprint density at radius 2 is 2.04 bits per heavy atom. The van der Waals surface area contributed by atoms with Gasteiger partial charge in [0.15, 0.2) is 4.91 Å². The van der Waals surface area contributed by atoms with E-state index in [9.17, 15) is 28.7 Å². The molecule has 0 aromatic carbocycles. The summed E-state index contributed by atoms with van der Waals surface area (Å²) in [6.07, 6.45) is 6.65. The molecule has 0 saturated carbocycles. The van der Waals surface area contributed by atoms with E-state index in [0.29, 0.717) is 0 Å². The molecule has 0 fully saturated rings. The minimum atomic E-state index is -4.45. The van der Waals surface area contributed by atoms with Crippen LogP contribution in [0.2, 0.25) is 0 Å². The monoisotopic (exact) mass is 338 g/mol. The molecule has 3 aliphatic rings. The molecule has 1 unspecified atom stereocenters. The van der Waals surface area contributed by atoms with Crippen molar-refractivity contribution in [3.63, 3.8) is 0 Å². The number of aliphatic hydroxyl groups excluding tert-OH is 2. The van der Waals surface area contributed by atoms with Crippen LogP contribution in [0.5, 0.6) is 0 Å². The summed E-state index contributed by atoms with van der Waals surface area (Å²) in [6, 6.07) is 0. The van der Waals surface area contributed by atoms with E-state index in [2.05, 4.69) is 10.3 Å². The summed E-state index contributed by atoms with van der Waals surface area (Å²) in [4.78, 5) is 13.4. The van der Waals surface area contributed by atoms with Gasteiger partial charge in [0.25, 0.3) is 11.6 Å². The summed E-state index contributed by atoms with van der Waals surface area (Å²) in [5.41, 5.74) is -2.38. The van der Waals surface area contributed by atoms with Crippen molar-refractivity contribution in [3.8, 4) is 0 Å². The van der Waals surface area contributed by atoms with Crippen molar-refractivity contribution in [1.29, 1.82) is 0 Å². The zero-order valence-corrected chi connectivity index (χ0v) is 12.1. The molecule has 10 nitrogen and oxygen atoms in total. The van der Waals surface area contributed by atoms with Crippen LogP contribution in [-0.2, 0) is 10.0 Å². The topological polar surface area (TPSA) is 168 Å². The van der Waals surface area contributed by atoms with Crippen LogP contribution in [0.3, 0.4) is 0 Å². The van der Waals surface area contributed by atoms with Gasteiger partial charge in [0.2, 0.25) is 15.9 Å². The Labute approximate surface area is 129 Å². The number of aliphatic imine (C=N–C) groups is 1. The Hall–Kier alpha value is -2.92. The number of nitrogens with zero attached hydrogens (tertiary/aromatic N) is 2. The van der Waals surface area contributed by atoms with Crippen molar-refractivity contribution in [2.75, 3.05) is 0 Å². The molecule has 1 atom stereocenters. The van der Waals surface area contributed by atoms with Gasteiger partial charge in [0, 0.05) is 11.6 Å². The molecule has 1 heterocycles. The average molecular weight is 338 g/mol.